The standard InChI is InChI=1S/C21H19Cl3F2N2O3/c1-2-30-17-7-11(3-6-16(17)31-21(25)26)20-27(13-4-5-13)10-18(29)28(20)19-14(23)8-12(22)9-15(19)24/h3,6-9,13,20-21H,2,4-5,10H2,1H3. The molecule has 0 bridgehead atoms. The van der Waals surface area contributed by atoms with Gasteiger partial charge >= 0.3 is 6.61 Å². The zero-order chi connectivity index (χ0) is 22.3. The lowest BCUT2D eigenvalue weighted by Crippen LogP contribution is -2.33. The minimum absolute atomic E-state index is 0.0722. The van der Waals surface area contributed by atoms with Crippen LogP contribution in [0.2, 0.25) is 15.1 Å². The molecule has 0 radical (unpaired) electrons. The van der Waals surface area contributed by atoms with Crippen LogP contribution in [0, 0.1) is 0 Å². The Bertz CT molecular complexity index is 981. The van der Waals surface area contributed by atoms with Gasteiger partial charge in [-0.1, -0.05) is 40.9 Å². The van der Waals surface area contributed by atoms with Crippen molar-refractivity contribution in [3.8, 4) is 11.5 Å². The third-order valence-electron chi connectivity index (χ3n) is 5.17. The highest BCUT2D eigenvalue weighted by molar-refractivity contribution is 6.42. The van der Waals surface area contributed by atoms with Crippen molar-refractivity contribution in [2.75, 3.05) is 18.1 Å². The van der Waals surface area contributed by atoms with E-state index in [0.717, 1.165) is 12.8 Å². The maximum atomic E-state index is 13.1. The molecule has 0 aromatic heterocycles. The van der Waals surface area contributed by atoms with Gasteiger partial charge in [0.25, 0.3) is 0 Å². The number of benzene rings is 2. The summed E-state index contributed by atoms with van der Waals surface area (Å²) in [7, 11) is 0. The van der Waals surface area contributed by atoms with E-state index in [4.69, 9.17) is 39.5 Å². The lowest BCUT2D eigenvalue weighted by atomic mass is 10.1. The smallest absolute Gasteiger partial charge is 0.387 e. The van der Waals surface area contributed by atoms with E-state index in [-0.39, 0.29) is 46.6 Å². The number of amides is 1. The van der Waals surface area contributed by atoms with Crippen molar-refractivity contribution in [1.82, 2.24) is 4.90 Å². The quantitative estimate of drug-likeness (QED) is 0.465. The molecule has 2 aliphatic rings. The molecule has 4 rings (SSSR count). The highest BCUT2D eigenvalue weighted by Crippen LogP contribution is 2.48. The first-order valence-electron chi connectivity index (χ1n) is 9.74. The van der Waals surface area contributed by atoms with Crippen molar-refractivity contribution in [3.63, 3.8) is 0 Å². The number of rotatable bonds is 7. The molecule has 1 aliphatic carbocycles. The molecule has 1 unspecified atom stereocenters. The van der Waals surface area contributed by atoms with Crippen molar-refractivity contribution in [1.29, 1.82) is 0 Å². The van der Waals surface area contributed by atoms with Crippen LogP contribution in [0.5, 0.6) is 11.5 Å². The Morgan fingerprint density at radius 3 is 2.35 bits per heavy atom. The van der Waals surface area contributed by atoms with Gasteiger partial charge in [0.1, 0.15) is 6.17 Å². The lowest BCUT2D eigenvalue weighted by molar-refractivity contribution is -0.116. The molecule has 1 saturated heterocycles. The van der Waals surface area contributed by atoms with Gasteiger partial charge in [0.15, 0.2) is 11.5 Å². The molecule has 10 heteroatoms. The second kappa shape index (κ2) is 8.98. The Balaban J connectivity index is 1.81. The Morgan fingerprint density at radius 1 is 1.10 bits per heavy atom. The minimum Gasteiger partial charge on any atom is -0.490 e. The van der Waals surface area contributed by atoms with Gasteiger partial charge in [0.05, 0.1) is 28.9 Å². The summed E-state index contributed by atoms with van der Waals surface area (Å²) in [6, 6.07) is 7.97. The molecular formula is C21H19Cl3F2N2O3. The summed E-state index contributed by atoms with van der Waals surface area (Å²) in [4.78, 5) is 16.7. The average Bonchev–Trinajstić information content (AvgIpc) is 3.47. The van der Waals surface area contributed by atoms with Gasteiger partial charge in [-0.25, -0.2) is 0 Å². The third kappa shape index (κ3) is 4.55. The van der Waals surface area contributed by atoms with Crippen LogP contribution in [0.3, 0.4) is 0 Å². The summed E-state index contributed by atoms with van der Waals surface area (Å²) in [6.45, 7) is -0.792. The molecule has 5 nitrogen and oxygen atoms in total. The van der Waals surface area contributed by atoms with E-state index in [1.807, 2.05) is 0 Å². The minimum atomic E-state index is -2.98. The van der Waals surface area contributed by atoms with Crippen molar-refractivity contribution >= 4 is 46.4 Å². The molecular weight excluding hydrogens is 473 g/mol. The van der Waals surface area contributed by atoms with E-state index in [2.05, 4.69) is 9.64 Å². The second-order valence-corrected chi connectivity index (χ2v) is 8.53. The van der Waals surface area contributed by atoms with Gasteiger partial charge in [-0.2, -0.15) is 8.78 Å². The zero-order valence-electron chi connectivity index (χ0n) is 16.5. The fraction of sp³-hybridized carbons (Fsp3) is 0.381. The van der Waals surface area contributed by atoms with E-state index < -0.39 is 12.8 Å². The van der Waals surface area contributed by atoms with Crippen molar-refractivity contribution in [2.45, 2.75) is 38.6 Å². The molecule has 166 valence electrons. The van der Waals surface area contributed by atoms with E-state index >= 15 is 0 Å². The van der Waals surface area contributed by atoms with Gasteiger partial charge in [0, 0.05) is 11.1 Å². The highest BCUT2D eigenvalue weighted by Gasteiger charge is 2.47. The maximum absolute atomic E-state index is 13.1. The number of carbonyl (C=O) groups excluding carboxylic acids is 1. The number of anilines is 1. The Kier molecular flexibility index (Phi) is 6.49. The van der Waals surface area contributed by atoms with Crippen LogP contribution < -0.4 is 14.4 Å². The summed E-state index contributed by atoms with van der Waals surface area (Å²) < 4.78 is 35.7. The van der Waals surface area contributed by atoms with Gasteiger partial charge < -0.3 is 9.47 Å². The SMILES string of the molecule is CCOc1cc(C2N(c3c(Cl)cc(Cl)cc3Cl)C(=O)CN2C2CC2)ccc1OC(F)F. The van der Waals surface area contributed by atoms with Crippen LogP contribution in [-0.2, 0) is 4.79 Å². The monoisotopic (exact) mass is 490 g/mol. The number of ether oxygens (including phenoxy) is 2. The van der Waals surface area contributed by atoms with Crippen LogP contribution in [0.25, 0.3) is 0 Å². The topological polar surface area (TPSA) is 42.0 Å². The predicted octanol–water partition coefficient (Wildman–Crippen LogP) is 6.16. The second-order valence-electron chi connectivity index (χ2n) is 7.28. The van der Waals surface area contributed by atoms with Gasteiger partial charge in [-0.3, -0.25) is 14.6 Å². The summed E-state index contributed by atoms with van der Waals surface area (Å²) in [6.07, 6.45) is 1.39. The lowest BCUT2D eigenvalue weighted by Gasteiger charge is -2.32. The summed E-state index contributed by atoms with van der Waals surface area (Å²) in [5.41, 5.74) is 1.03. The summed E-state index contributed by atoms with van der Waals surface area (Å²) >= 11 is 18.9. The summed E-state index contributed by atoms with van der Waals surface area (Å²) in [5, 5.41) is 0.848. The first kappa shape index (κ1) is 22.4. The molecule has 1 atom stereocenters. The van der Waals surface area contributed by atoms with E-state index in [1.54, 1.807) is 19.1 Å². The third-order valence-corrected chi connectivity index (χ3v) is 5.96. The predicted molar refractivity (Wildman–Crippen MR) is 116 cm³/mol. The maximum Gasteiger partial charge on any atom is 0.387 e. The molecule has 1 saturated carbocycles. The van der Waals surface area contributed by atoms with Crippen LogP contribution in [0.1, 0.15) is 31.5 Å². The highest BCUT2D eigenvalue weighted by atomic mass is 35.5. The largest absolute Gasteiger partial charge is 0.490 e. The van der Waals surface area contributed by atoms with Gasteiger partial charge in [-0.15, -0.1) is 0 Å². The molecule has 0 N–H and O–H groups in total. The molecule has 2 aromatic rings. The molecule has 1 aliphatic heterocycles. The Labute approximate surface area is 193 Å². The van der Waals surface area contributed by atoms with E-state index in [0.29, 0.717) is 16.3 Å². The van der Waals surface area contributed by atoms with Crippen LogP contribution in [0.4, 0.5) is 14.5 Å². The Morgan fingerprint density at radius 2 is 1.77 bits per heavy atom. The van der Waals surface area contributed by atoms with E-state index in [9.17, 15) is 13.6 Å². The van der Waals surface area contributed by atoms with Crippen LogP contribution in [-0.4, -0.2) is 36.6 Å². The number of alkyl halides is 2. The molecule has 1 amide bonds. The molecule has 1 heterocycles. The fourth-order valence-corrected chi connectivity index (χ4v) is 4.84. The number of hydrogen-bond acceptors (Lipinski definition) is 4. The first-order valence-corrected chi connectivity index (χ1v) is 10.9. The Hall–Kier alpha value is -1.80. The zero-order valence-corrected chi connectivity index (χ0v) is 18.7. The molecule has 31 heavy (non-hydrogen) atoms. The van der Waals surface area contributed by atoms with Crippen LogP contribution >= 0.6 is 34.8 Å². The first-order chi connectivity index (χ1) is 14.8. The molecule has 2 fully saturated rings. The number of carbonyl (C=O) groups is 1. The average molecular weight is 492 g/mol. The summed E-state index contributed by atoms with van der Waals surface area (Å²) in [5.74, 6) is -0.0745. The number of nitrogens with zero attached hydrogens (tertiary/aromatic N) is 2. The van der Waals surface area contributed by atoms with Gasteiger partial charge in [-0.05, 0) is 49.6 Å². The van der Waals surface area contributed by atoms with Crippen LogP contribution in [0.15, 0.2) is 30.3 Å². The van der Waals surface area contributed by atoms with Crippen molar-refractivity contribution in [2.24, 2.45) is 0 Å². The number of halogens is 5. The molecule has 0 spiro atoms. The van der Waals surface area contributed by atoms with Crippen molar-refractivity contribution in [3.05, 3.63) is 51.0 Å². The van der Waals surface area contributed by atoms with Crippen molar-refractivity contribution < 1.29 is 23.0 Å². The fourth-order valence-electron chi connectivity index (χ4n) is 3.84. The molecule has 2 aromatic carbocycles. The number of hydrogen-bond donors (Lipinski definition) is 0. The van der Waals surface area contributed by atoms with E-state index in [1.165, 1.54) is 23.1 Å². The normalized spacial score (nSPS) is 19.4. The van der Waals surface area contributed by atoms with Gasteiger partial charge in [0.2, 0.25) is 5.91 Å².